The molecule has 1 aromatic heterocycles. The number of hydrogen-bond acceptors (Lipinski definition) is 3. The van der Waals surface area contributed by atoms with Crippen molar-refractivity contribution in [3.63, 3.8) is 0 Å². The Morgan fingerprint density at radius 2 is 1.73 bits per heavy atom. The third-order valence-electron chi connectivity index (χ3n) is 4.38. The van der Waals surface area contributed by atoms with Crippen molar-refractivity contribution in [3.8, 4) is 0 Å². The Morgan fingerprint density at radius 3 is 2.38 bits per heavy atom. The summed E-state index contributed by atoms with van der Waals surface area (Å²) in [6.07, 6.45) is 0. The molecule has 1 heterocycles. The van der Waals surface area contributed by atoms with Gasteiger partial charge in [0.15, 0.2) is 0 Å². The Bertz CT molecular complexity index is 1130. The van der Waals surface area contributed by atoms with Crippen LogP contribution >= 0.6 is 11.3 Å². The Morgan fingerprint density at radius 1 is 1.08 bits per heavy atom. The van der Waals surface area contributed by atoms with E-state index in [1.165, 1.54) is 11.3 Å². The zero-order valence-electron chi connectivity index (χ0n) is 15.8. The second-order valence-corrected chi connectivity index (χ2v) is 9.89. The van der Waals surface area contributed by atoms with Gasteiger partial charge in [-0.05, 0) is 30.7 Å². The Labute approximate surface area is 158 Å². The van der Waals surface area contributed by atoms with Gasteiger partial charge < -0.3 is 4.57 Å². The normalized spacial score (nSPS) is 13.5. The minimum atomic E-state index is -3.81. The third kappa shape index (κ3) is 3.35. The average Bonchev–Trinajstić information content (AvgIpc) is 2.89. The van der Waals surface area contributed by atoms with Gasteiger partial charge in [-0.25, -0.2) is 0 Å². The van der Waals surface area contributed by atoms with Crippen LogP contribution in [0.4, 0.5) is 0 Å². The van der Waals surface area contributed by atoms with Gasteiger partial charge >= 0.3 is 0 Å². The zero-order valence-corrected chi connectivity index (χ0v) is 17.4. The first-order valence-corrected chi connectivity index (χ1v) is 10.9. The maximum absolute atomic E-state index is 13.1. The molecule has 0 saturated carbocycles. The zero-order chi connectivity index (χ0) is 19.1. The molecule has 3 rings (SSSR count). The summed E-state index contributed by atoms with van der Waals surface area (Å²) in [5, 5.41) is 1.59. The fourth-order valence-corrected chi connectivity index (χ4v) is 5.88. The summed E-state index contributed by atoms with van der Waals surface area (Å²) >= 11 is 1.46. The first-order valence-electron chi connectivity index (χ1n) is 8.64. The van der Waals surface area contributed by atoms with Gasteiger partial charge in [-0.15, -0.1) is 15.7 Å². The molecule has 0 bridgehead atoms. The molecule has 2 aromatic carbocycles. The molecule has 0 N–H and O–H groups in total. The Balaban J connectivity index is 2.27. The van der Waals surface area contributed by atoms with E-state index in [1.54, 1.807) is 12.1 Å². The first kappa shape index (κ1) is 18.9. The minimum absolute atomic E-state index is 0.0529. The summed E-state index contributed by atoms with van der Waals surface area (Å²) in [4.78, 5) is 1.94. The van der Waals surface area contributed by atoms with Crippen molar-refractivity contribution in [1.82, 2.24) is 4.57 Å². The third-order valence-corrected chi connectivity index (χ3v) is 7.43. The highest BCUT2D eigenvalue weighted by atomic mass is 32.2. The molecule has 26 heavy (non-hydrogen) atoms. The van der Waals surface area contributed by atoms with Crippen LogP contribution in [0.5, 0.6) is 0 Å². The van der Waals surface area contributed by atoms with E-state index in [0.29, 0.717) is 16.7 Å². The van der Waals surface area contributed by atoms with Crippen LogP contribution in [-0.2, 0) is 22.0 Å². The molecule has 0 aliphatic carbocycles. The molecule has 0 atom stereocenters. The Hall–Kier alpha value is -1.92. The lowest BCUT2D eigenvalue weighted by atomic mass is 9.93. The predicted octanol–water partition coefficient (Wildman–Crippen LogP) is 4.62. The van der Waals surface area contributed by atoms with Crippen LogP contribution in [0.1, 0.15) is 38.3 Å². The predicted molar refractivity (Wildman–Crippen MR) is 108 cm³/mol. The minimum Gasteiger partial charge on any atom is -0.320 e. The maximum Gasteiger partial charge on any atom is 0.285 e. The van der Waals surface area contributed by atoms with Gasteiger partial charge in [0.2, 0.25) is 4.80 Å². The molecule has 0 spiro atoms. The van der Waals surface area contributed by atoms with Crippen LogP contribution in [0.15, 0.2) is 51.8 Å². The second-order valence-electron chi connectivity index (χ2n) is 7.34. The second kappa shape index (κ2) is 6.67. The lowest BCUT2D eigenvalue weighted by Gasteiger charge is -2.17. The quantitative estimate of drug-likeness (QED) is 0.657. The van der Waals surface area contributed by atoms with Crippen molar-refractivity contribution in [2.45, 2.75) is 51.5 Å². The molecular formula is C20H24N2O2S2. The van der Waals surface area contributed by atoms with Gasteiger partial charge in [-0.3, -0.25) is 0 Å². The van der Waals surface area contributed by atoms with Crippen LogP contribution in [0, 0.1) is 6.92 Å². The fourth-order valence-electron chi connectivity index (χ4n) is 3.20. The molecule has 4 nitrogen and oxygen atoms in total. The number of hydrogen-bond donors (Lipinski definition) is 0. The van der Waals surface area contributed by atoms with E-state index in [4.69, 9.17) is 0 Å². The van der Waals surface area contributed by atoms with Gasteiger partial charge in [0.25, 0.3) is 10.0 Å². The van der Waals surface area contributed by atoms with Crippen LogP contribution in [0.25, 0.3) is 10.8 Å². The summed E-state index contributed by atoms with van der Waals surface area (Å²) in [5.41, 5.74) is 1.03. The highest BCUT2D eigenvalue weighted by Crippen LogP contribution is 2.29. The van der Waals surface area contributed by atoms with E-state index >= 15 is 0 Å². The highest BCUT2D eigenvalue weighted by molar-refractivity contribution is 7.90. The van der Waals surface area contributed by atoms with Crippen molar-refractivity contribution in [2.24, 2.45) is 4.40 Å². The van der Waals surface area contributed by atoms with Gasteiger partial charge in [0.1, 0.15) is 0 Å². The molecule has 0 aliphatic heterocycles. The molecule has 0 unspecified atom stereocenters. The van der Waals surface area contributed by atoms with Gasteiger partial charge in [0, 0.05) is 22.5 Å². The van der Waals surface area contributed by atoms with Crippen LogP contribution in [0.2, 0.25) is 0 Å². The molecule has 6 heteroatoms. The molecular weight excluding hydrogens is 364 g/mol. The van der Waals surface area contributed by atoms with E-state index in [0.717, 1.165) is 16.0 Å². The number of rotatable bonds is 3. The number of sulfonamides is 1. The van der Waals surface area contributed by atoms with Gasteiger partial charge in [0.05, 0.1) is 4.90 Å². The van der Waals surface area contributed by atoms with Crippen molar-refractivity contribution in [1.29, 1.82) is 0 Å². The van der Waals surface area contributed by atoms with E-state index in [9.17, 15) is 8.42 Å². The van der Waals surface area contributed by atoms with E-state index < -0.39 is 10.0 Å². The summed E-state index contributed by atoms with van der Waals surface area (Å²) < 4.78 is 32.4. The number of aromatic nitrogens is 1. The molecule has 0 radical (unpaired) electrons. The van der Waals surface area contributed by atoms with E-state index in [2.05, 4.69) is 25.2 Å². The van der Waals surface area contributed by atoms with Crippen LogP contribution in [-0.4, -0.2) is 13.0 Å². The highest BCUT2D eigenvalue weighted by Gasteiger charge is 2.23. The van der Waals surface area contributed by atoms with Crippen LogP contribution in [0.3, 0.4) is 0 Å². The van der Waals surface area contributed by atoms with E-state index in [1.807, 2.05) is 48.7 Å². The molecule has 0 saturated heterocycles. The van der Waals surface area contributed by atoms with Crippen molar-refractivity contribution in [2.75, 3.05) is 0 Å². The summed E-state index contributed by atoms with van der Waals surface area (Å²) in [7, 11) is -3.81. The summed E-state index contributed by atoms with van der Waals surface area (Å²) in [6.45, 7) is 11.1. The van der Waals surface area contributed by atoms with Crippen molar-refractivity contribution in [3.05, 3.63) is 57.8 Å². The molecule has 3 aromatic rings. The molecule has 0 aliphatic rings. The molecule has 138 valence electrons. The fraction of sp³-hybridized carbons (Fsp3) is 0.350. The largest absolute Gasteiger partial charge is 0.320 e. The van der Waals surface area contributed by atoms with Crippen molar-refractivity contribution < 1.29 is 8.42 Å². The lowest BCUT2D eigenvalue weighted by Crippen LogP contribution is -2.18. The Kier molecular flexibility index (Phi) is 4.84. The molecule has 0 fully saturated rings. The maximum atomic E-state index is 13.1. The van der Waals surface area contributed by atoms with Gasteiger partial charge in [-0.2, -0.15) is 8.42 Å². The summed E-state index contributed by atoms with van der Waals surface area (Å²) in [6, 6.07) is 12.8. The summed E-state index contributed by atoms with van der Waals surface area (Å²) in [5.74, 6) is 0. The number of nitrogens with zero attached hydrogens (tertiary/aromatic N) is 2. The SMILES string of the molecule is CCn1c(C)c(C(C)(C)C)s/c1=N\S(=O)(=O)c1cccc2ccccc12. The monoisotopic (exact) mass is 388 g/mol. The first-order chi connectivity index (χ1) is 12.1. The average molecular weight is 389 g/mol. The van der Waals surface area contributed by atoms with Crippen molar-refractivity contribution >= 4 is 32.1 Å². The lowest BCUT2D eigenvalue weighted by molar-refractivity contribution is 0.585. The number of fused-ring (bicyclic) bond motifs is 1. The number of thiazole rings is 1. The number of benzene rings is 2. The topological polar surface area (TPSA) is 51.4 Å². The van der Waals surface area contributed by atoms with E-state index in [-0.39, 0.29) is 10.3 Å². The standard InChI is InChI=1S/C20H24N2O2S2/c1-6-22-14(2)18(20(3,4)5)25-19(22)21-26(23,24)17-13-9-11-15-10-7-8-12-16(15)17/h7-13H,6H2,1-5H3/b21-19-. The van der Waals surface area contributed by atoms with Gasteiger partial charge in [-0.1, -0.05) is 57.2 Å². The smallest absolute Gasteiger partial charge is 0.285 e. The molecule has 0 amide bonds. The van der Waals surface area contributed by atoms with Crippen LogP contribution < -0.4 is 4.80 Å².